The molecule has 2 rings (SSSR count). The van der Waals surface area contributed by atoms with Crippen LogP contribution >= 0.6 is 0 Å². The number of esters is 1. The van der Waals surface area contributed by atoms with Gasteiger partial charge in [0.2, 0.25) is 0 Å². The zero-order valence-electron chi connectivity index (χ0n) is 8.84. The van der Waals surface area contributed by atoms with Gasteiger partial charge in [-0.05, 0) is 38.6 Å². The van der Waals surface area contributed by atoms with E-state index in [0.717, 1.165) is 38.8 Å². The lowest BCUT2D eigenvalue weighted by Gasteiger charge is -2.31. The Morgan fingerprint density at radius 1 is 1.57 bits per heavy atom. The van der Waals surface area contributed by atoms with Crippen molar-refractivity contribution in [1.29, 1.82) is 0 Å². The molecule has 0 aromatic rings. The molecule has 0 amide bonds. The van der Waals surface area contributed by atoms with E-state index in [1.807, 2.05) is 0 Å². The summed E-state index contributed by atoms with van der Waals surface area (Å²) in [6, 6.07) is 0. The van der Waals surface area contributed by atoms with Crippen LogP contribution < -0.4 is 5.32 Å². The number of nitrogens with one attached hydrogen (secondary N) is 1. The summed E-state index contributed by atoms with van der Waals surface area (Å²) in [5, 5.41) is 3.25. The number of carbonyl (C=O) groups excluding carboxylic acids is 1. The molecular weight excluding hydrogens is 178 g/mol. The quantitative estimate of drug-likeness (QED) is 0.696. The molecule has 1 heterocycles. The molecule has 2 fully saturated rings. The zero-order chi connectivity index (χ0) is 10.0. The van der Waals surface area contributed by atoms with Gasteiger partial charge >= 0.3 is 5.97 Å². The molecule has 1 saturated carbocycles. The number of ether oxygens (including phenoxy) is 1. The standard InChI is InChI=1S/C11H19NO2/c1-2-11(6-7-12-8-11)10(13)14-9-4-3-5-9/h9,12H,2-8H2,1H3. The molecule has 1 aliphatic carbocycles. The molecule has 0 aromatic heterocycles. The van der Waals surface area contributed by atoms with Crippen molar-refractivity contribution in [1.82, 2.24) is 5.32 Å². The van der Waals surface area contributed by atoms with Crippen LogP contribution in [0.1, 0.15) is 39.0 Å². The minimum absolute atomic E-state index is 0.0368. The van der Waals surface area contributed by atoms with Gasteiger partial charge in [-0.3, -0.25) is 4.79 Å². The van der Waals surface area contributed by atoms with Crippen LogP contribution in [0.4, 0.5) is 0 Å². The Hall–Kier alpha value is -0.570. The van der Waals surface area contributed by atoms with Gasteiger partial charge < -0.3 is 10.1 Å². The third kappa shape index (κ3) is 1.65. The summed E-state index contributed by atoms with van der Waals surface area (Å²) >= 11 is 0. The average Bonchev–Trinajstić information content (AvgIpc) is 2.60. The van der Waals surface area contributed by atoms with Crippen molar-refractivity contribution in [3.05, 3.63) is 0 Å². The fourth-order valence-electron chi connectivity index (χ4n) is 2.13. The van der Waals surface area contributed by atoms with Crippen LogP contribution in [0.25, 0.3) is 0 Å². The molecule has 1 saturated heterocycles. The Kier molecular flexibility index (Phi) is 2.77. The Morgan fingerprint density at radius 2 is 2.36 bits per heavy atom. The molecule has 3 heteroatoms. The number of rotatable bonds is 3. The highest BCUT2D eigenvalue weighted by Gasteiger charge is 2.42. The van der Waals surface area contributed by atoms with Crippen LogP contribution in [0, 0.1) is 5.41 Å². The summed E-state index contributed by atoms with van der Waals surface area (Å²) in [7, 11) is 0. The van der Waals surface area contributed by atoms with E-state index in [1.54, 1.807) is 0 Å². The van der Waals surface area contributed by atoms with Crippen molar-refractivity contribution in [2.75, 3.05) is 13.1 Å². The fraction of sp³-hybridized carbons (Fsp3) is 0.909. The van der Waals surface area contributed by atoms with Crippen LogP contribution in [-0.2, 0) is 9.53 Å². The first-order chi connectivity index (χ1) is 6.77. The second kappa shape index (κ2) is 3.89. The van der Waals surface area contributed by atoms with Gasteiger partial charge in [-0.2, -0.15) is 0 Å². The first kappa shape index (κ1) is 9.97. The van der Waals surface area contributed by atoms with Gasteiger partial charge in [-0.1, -0.05) is 6.92 Å². The smallest absolute Gasteiger partial charge is 0.313 e. The van der Waals surface area contributed by atoms with Crippen molar-refractivity contribution >= 4 is 5.97 Å². The Bertz CT molecular complexity index is 217. The molecule has 14 heavy (non-hydrogen) atoms. The van der Waals surface area contributed by atoms with E-state index in [0.29, 0.717) is 0 Å². The first-order valence-corrected chi connectivity index (χ1v) is 5.69. The second-order valence-electron chi connectivity index (χ2n) is 4.52. The maximum absolute atomic E-state index is 11.9. The van der Waals surface area contributed by atoms with E-state index in [1.165, 1.54) is 6.42 Å². The number of hydrogen-bond acceptors (Lipinski definition) is 3. The van der Waals surface area contributed by atoms with Gasteiger partial charge in [0.1, 0.15) is 6.10 Å². The van der Waals surface area contributed by atoms with E-state index in [9.17, 15) is 4.79 Å². The lowest BCUT2D eigenvalue weighted by molar-refractivity contribution is -0.164. The summed E-state index contributed by atoms with van der Waals surface area (Å²) in [4.78, 5) is 11.9. The maximum Gasteiger partial charge on any atom is 0.313 e. The maximum atomic E-state index is 11.9. The molecular formula is C11H19NO2. The molecule has 1 N–H and O–H groups in total. The highest BCUT2D eigenvalue weighted by molar-refractivity contribution is 5.77. The van der Waals surface area contributed by atoms with Crippen molar-refractivity contribution in [2.45, 2.75) is 45.1 Å². The molecule has 0 aromatic carbocycles. The van der Waals surface area contributed by atoms with Crippen molar-refractivity contribution in [2.24, 2.45) is 5.41 Å². The Labute approximate surface area is 85.2 Å². The summed E-state index contributed by atoms with van der Waals surface area (Å²) in [5.74, 6) is 0.0368. The molecule has 0 bridgehead atoms. The van der Waals surface area contributed by atoms with Crippen LogP contribution in [0.3, 0.4) is 0 Å². The first-order valence-electron chi connectivity index (χ1n) is 5.69. The zero-order valence-corrected chi connectivity index (χ0v) is 8.84. The molecule has 0 spiro atoms. The summed E-state index contributed by atoms with van der Waals surface area (Å²) in [6.45, 7) is 3.83. The fourth-order valence-corrected chi connectivity index (χ4v) is 2.13. The van der Waals surface area contributed by atoms with E-state index in [2.05, 4.69) is 12.2 Å². The second-order valence-corrected chi connectivity index (χ2v) is 4.52. The minimum atomic E-state index is -0.213. The number of hydrogen-bond donors (Lipinski definition) is 1. The van der Waals surface area contributed by atoms with Crippen LogP contribution in [0.15, 0.2) is 0 Å². The molecule has 1 aliphatic heterocycles. The highest BCUT2D eigenvalue weighted by atomic mass is 16.5. The van der Waals surface area contributed by atoms with Gasteiger partial charge in [-0.15, -0.1) is 0 Å². The third-order valence-electron chi connectivity index (χ3n) is 3.68. The van der Waals surface area contributed by atoms with Gasteiger partial charge in [0.25, 0.3) is 0 Å². The molecule has 0 radical (unpaired) electrons. The van der Waals surface area contributed by atoms with Crippen molar-refractivity contribution in [3.63, 3.8) is 0 Å². The van der Waals surface area contributed by atoms with E-state index in [-0.39, 0.29) is 17.5 Å². The lowest BCUT2D eigenvalue weighted by Crippen LogP contribution is -2.38. The lowest BCUT2D eigenvalue weighted by atomic mass is 9.84. The predicted octanol–water partition coefficient (Wildman–Crippen LogP) is 1.47. The van der Waals surface area contributed by atoms with Crippen LogP contribution in [-0.4, -0.2) is 25.2 Å². The summed E-state index contributed by atoms with van der Waals surface area (Å²) in [6.07, 6.45) is 5.42. The number of carbonyl (C=O) groups is 1. The Balaban J connectivity index is 1.92. The predicted molar refractivity (Wildman–Crippen MR) is 53.9 cm³/mol. The van der Waals surface area contributed by atoms with Crippen LogP contribution in [0.2, 0.25) is 0 Å². The van der Waals surface area contributed by atoms with E-state index >= 15 is 0 Å². The Morgan fingerprint density at radius 3 is 2.79 bits per heavy atom. The molecule has 3 nitrogen and oxygen atoms in total. The normalized spacial score (nSPS) is 32.6. The summed E-state index contributed by atoms with van der Waals surface area (Å²) in [5.41, 5.74) is -0.213. The van der Waals surface area contributed by atoms with Gasteiger partial charge in [0, 0.05) is 6.54 Å². The molecule has 80 valence electrons. The van der Waals surface area contributed by atoms with Gasteiger partial charge in [-0.25, -0.2) is 0 Å². The topological polar surface area (TPSA) is 38.3 Å². The largest absolute Gasteiger partial charge is 0.462 e. The molecule has 1 atom stereocenters. The third-order valence-corrected chi connectivity index (χ3v) is 3.68. The van der Waals surface area contributed by atoms with Gasteiger partial charge in [0.05, 0.1) is 5.41 Å². The van der Waals surface area contributed by atoms with E-state index in [4.69, 9.17) is 4.74 Å². The van der Waals surface area contributed by atoms with Crippen LogP contribution in [0.5, 0.6) is 0 Å². The summed E-state index contributed by atoms with van der Waals surface area (Å²) < 4.78 is 5.49. The SMILES string of the molecule is CCC1(C(=O)OC2CCC2)CCNC1. The molecule has 1 unspecified atom stereocenters. The van der Waals surface area contributed by atoms with Crippen molar-refractivity contribution in [3.8, 4) is 0 Å². The monoisotopic (exact) mass is 197 g/mol. The van der Waals surface area contributed by atoms with Crippen molar-refractivity contribution < 1.29 is 9.53 Å². The average molecular weight is 197 g/mol. The van der Waals surface area contributed by atoms with Gasteiger partial charge in [0.15, 0.2) is 0 Å². The highest BCUT2D eigenvalue weighted by Crippen LogP contribution is 2.33. The minimum Gasteiger partial charge on any atom is -0.462 e. The van der Waals surface area contributed by atoms with E-state index < -0.39 is 0 Å². The molecule has 2 aliphatic rings.